The lowest BCUT2D eigenvalue weighted by Crippen LogP contribution is -2.40. The molecule has 3 N–H and O–H groups in total. The third kappa shape index (κ3) is 3.25. The molecule has 3 heteroatoms. The molecule has 0 aromatic rings. The first-order valence-electron chi connectivity index (χ1n) is 5.24. The van der Waals surface area contributed by atoms with Gasteiger partial charge in [0.2, 0.25) is 0 Å². The monoisotopic (exact) mass is 186 g/mol. The number of nitrogens with two attached hydrogens (primary N) is 1. The van der Waals surface area contributed by atoms with Gasteiger partial charge in [-0.3, -0.25) is 0 Å². The lowest BCUT2D eigenvalue weighted by molar-refractivity contribution is 0.0842. The van der Waals surface area contributed by atoms with Crippen LogP contribution in [0, 0.1) is 5.92 Å². The summed E-state index contributed by atoms with van der Waals surface area (Å²) in [6, 6.07) is 0.555. The van der Waals surface area contributed by atoms with Crippen LogP contribution in [0.3, 0.4) is 0 Å². The van der Waals surface area contributed by atoms with Crippen molar-refractivity contribution in [2.45, 2.75) is 38.3 Å². The molecule has 0 aromatic heterocycles. The summed E-state index contributed by atoms with van der Waals surface area (Å²) in [6.07, 6.45) is 4.15. The number of nitrogens with one attached hydrogen (secondary N) is 1. The molecule has 1 saturated carbocycles. The van der Waals surface area contributed by atoms with Crippen LogP contribution < -0.4 is 11.1 Å². The number of methoxy groups -OCH3 is 1. The topological polar surface area (TPSA) is 47.3 Å². The van der Waals surface area contributed by atoms with Gasteiger partial charge in [0.05, 0.1) is 6.10 Å². The Morgan fingerprint density at radius 2 is 2.31 bits per heavy atom. The zero-order valence-corrected chi connectivity index (χ0v) is 8.75. The molecule has 0 heterocycles. The molecule has 0 aliphatic heterocycles. The Balaban J connectivity index is 2.19. The van der Waals surface area contributed by atoms with Crippen LogP contribution in [-0.4, -0.2) is 32.3 Å². The van der Waals surface area contributed by atoms with E-state index >= 15 is 0 Å². The van der Waals surface area contributed by atoms with Crippen molar-refractivity contribution in [3.63, 3.8) is 0 Å². The Bertz CT molecular complexity index is 141. The van der Waals surface area contributed by atoms with Crippen molar-refractivity contribution in [2.24, 2.45) is 11.7 Å². The van der Waals surface area contributed by atoms with Crippen molar-refractivity contribution in [1.82, 2.24) is 5.32 Å². The predicted octanol–water partition coefficient (Wildman–Crippen LogP) is 0.738. The van der Waals surface area contributed by atoms with Crippen molar-refractivity contribution in [3.8, 4) is 0 Å². The minimum absolute atomic E-state index is 0.421. The summed E-state index contributed by atoms with van der Waals surface area (Å²) in [5.74, 6) is 0.568. The average Bonchev–Trinajstić information content (AvgIpc) is 2.61. The number of hydrogen-bond acceptors (Lipinski definition) is 3. The zero-order chi connectivity index (χ0) is 9.68. The van der Waals surface area contributed by atoms with Gasteiger partial charge in [-0.2, -0.15) is 0 Å². The highest BCUT2D eigenvalue weighted by Crippen LogP contribution is 2.21. The van der Waals surface area contributed by atoms with Gasteiger partial charge in [0.15, 0.2) is 0 Å². The average molecular weight is 186 g/mol. The molecule has 3 unspecified atom stereocenters. The molecule has 1 rings (SSSR count). The summed E-state index contributed by atoms with van der Waals surface area (Å²) < 4.78 is 5.40. The van der Waals surface area contributed by atoms with Crippen LogP contribution >= 0.6 is 0 Å². The van der Waals surface area contributed by atoms with Crippen LogP contribution in [0.25, 0.3) is 0 Å². The van der Waals surface area contributed by atoms with Crippen molar-refractivity contribution >= 4 is 0 Å². The molecule has 0 radical (unpaired) electrons. The minimum Gasteiger partial charge on any atom is -0.380 e. The first kappa shape index (κ1) is 11.0. The number of ether oxygens (including phenoxy) is 1. The van der Waals surface area contributed by atoms with Gasteiger partial charge in [-0.1, -0.05) is 6.92 Å². The molecule has 0 bridgehead atoms. The van der Waals surface area contributed by atoms with E-state index in [0.717, 1.165) is 13.1 Å². The van der Waals surface area contributed by atoms with Gasteiger partial charge >= 0.3 is 0 Å². The summed E-state index contributed by atoms with van der Waals surface area (Å²) in [5.41, 5.74) is 5.55. The summed E-state index contributed by atoms with van der Waals surface area (Å²) >= 11 is 0. The highest BCUT2D eigenvalue weighted by molar-refractivity contribution is 4.84. The lowest BCUT2D eigenvalue weighted by atomic mass is 10.1. The Kier molecular flexibility index (Phi) is 4.70. The van der Waals surface area contributed by atoms with Crippen LogP contribution in [0.5, 0.6) is 0 Å². The van der Waals surface area contributed by atoms with Gasteiger partial charge in [0.1, 0.15) is 0 Å². The van der Waals surface area contributed by atoms with E-state index in [2.05, 4.69) is 12.2 Å². The van der Waals surface area contributed by atoms with E-state index in [9.17, 15) is 0 Å². The maximum Gasteiger partial charge on any atom is 0.0724 e. The molecule has 1 aliphatic rings. The minimum atomic E-state index is 0.421. The highest BCUT2D eigenvalue weighted by Gasteiger charge is 2.26. The molecule has 3 nitrogen and oxygen atoms in total. The molecule has 0 saturated heterocycles. The summed E-state index contributed by atoms with van der Waals surface area (Å²) in [7, 11) is 1.80. The lowest BCUT2D eigenvalue weighted by Gasteiger charge is -2.21. The summed E-state index contributed by atoms with van der Waals surface area (Å²) in [5, 5.41) is 3.53. The summed E-state index contributed by atoms with van der Waals surface area (Å²) in [6.45, 7) is 3.95. The van der Waals surface area contributed by atoms with Gasteiger partial charge in [-0.15, -0.1) is 0 Å². The highest BCUT2D eigenvalue weighted by atomic mass is 16.5. The number of hydrogen-bond donors (Lipinski definition) is 2. The normalized spacial score (nSPS) is 30.7. The van der Waals surface area contributed by atoms with Gasteiger partial charge < -0.3 is 15.8 Å². The van der Waals surface area contributed by atoms with Crippen molar-refractivity contribution in [1.29, 1.82) is 0 Å². The van der Waals surface area contributed by atoms with Gasteiger partial charge in [-0.05, 0) is 38.3 Å². The maximum absolute atomic E-state index is 5.55. The third-order valence-corrected chi connectivity index (χ3v) is 2.89. The van der Waals surface area contributed by atoms with Gasteiger partial charge in [0, 0.05) is 13.2 Å². The van der Waals surface area contributed by atoms with Crippen LogP contribution in [-0.2, 0) is 4.74 Å². The molecular formula is C10H22N2O. The van der Waals surface area contributed by atoms with Gasteiger partial charge in [-0.25, -0.2) is 0 Å². The SMILES string of the molecule is COC1CCCC1NCC(C)CN. The van der Waals surface area contributed by atoms with Crippen molar-refractivity contribution in [2.75, 3.05) is 20.2 Å². The number of rotatable bonds is 5. The first-order valence-corrected chi connectivity index (χ1v) is 5.24. The van der Waals surface area contributed by atoms with E-state index in [-0.39, 0.29) is 0 Å². The Morgan fingerprint density at radius 1 is 1.54 bits per heavy atom. The van der Waals surface area contributed by atoms with Crippen LogP contribution in [0.2, 0.25) is 0 Å². The molecule has 13 heavy (non-hydrogen) atoms. The largest absolute Gasteiger partial charge is 0.380 e. The fraction of sp³-hybridized carbons (Fsp3) is 1.00. The first-order chi connectivity index (χ1) is 6.27. The van der Waals surface area contributed by atoms with E-state index in [1.807, 2.05) is 0 Å². The second-order valence-corrected chi connectivity index (χ2v) is 4.06. The molecule has 3 atom stereocenters. The molecule has 0 spiro atoms. The maximum atomic E-state index is 5.55. The zero-order valence-electron chi connectivity index (χ0n) is 8.75. The summed E-state index contributed by atoms with van der Waals surface area (Å²) in [4.78, 5) is 0. The quantitative estimate of drug-likeness (QED) is 0.665. The molecule has 1 fully saturated rings. The van der Waals surface area contributed by atoms with Crippen molar-refractivity contribution < 1.29 is 4.74 Å². The van der Waals surface area contributed by atoms with Crippen LogP contribution in [0.4, 0.5) is 0 Å². The standard InChI is InChI=1S/C10H22N2O/c1-8(6-11)7-12-9-4-3-5-10(9)13-2/h8-10,12H,3-7,11H2,1-2H3. The van der Waals surface area contributed by atoms with E-state index in [0.29, 0.717) is 18.1 Å². The molecular weight excluding hydrogens is 164 g/mol. The third-order valence-electron chi connectivity index (χ3n) is 2.89. The second-order valence-electron chi connectivity index (χ2n) is 4.06. The van der Waals surface area contributed by atoms with E-state index in [1.54, 1.807) is 7.11 Å². The fourth-order valence-corrected chi connectivity index (χ4v) is 1.88. The smallest absolute Gasteiger partial charge is 0.0724 e. The Morgan fingerprint density at radius 3 is 2.92 bits per heavy atom. The Hall–Kier alpha value is -0.120. The van der Waals surface area contributed by atoms with E-state index in [4.69, 9.17) is 10.5 Å². The van der Waals surface area contributed by atoms with E-state index < -0.39 is 0 Å². The fourth-order valence-electron chi connectivity index (χ4n) is 1.88. The molecule has 1 aliphatic carbocycles. The van der Waals surface area contributed by atoms with Crippen LogP contribution in [0.1, 0.15) is 26.2 Å². The molecule has 0 aromatic carbocycles. The van der Waals surface area contributed by atoms with Gasteiger partial charge in [0.25, 0.3) is 0 Å². The molecule has 78 valence electrons. The second kappa shape index (κ2) is 5.58. The predicted molar refractivity (Wildman–Crippen MR) is 54.7 cm³/mol. The Labute approximate surface area is 81.0 Å². The van der Waals surface area contributed by atoms with Crippen LogP contribution in [0.15, 0.2) is 0 Å². The van der Waals surface area contributed by atoms with E-state index in [1.165, 1.54) is 19.3 Å². The van der Waals surface area contributed by atoms with Crippen molar-refractivity contribution in [3.05, 3.63) is 0 Å². The molecule has 0 amide bonds.